The van der Waals surface area contributed by atoms with E-state index in [1.807, 2.05) is 0 Å². The van der Waals surface area contributed by atoms with Gasteiger partial charge in [-0.05, 0) is 19.3 Å². The maximum absolute atomic E-state index is 11.8. The highest BCUT2D eigenvalue weighted by atomic mass is 16.5. The lowest BCUT2D eigenvalue weighted by Crippen LogP contribution is -2.43. The molecule has 0 aromatic carbocycles. The number of ether oxygens (including phenoxy) is 1. The maximum Gasteiger partial charge on any atom is 0.317 e. The van der Waals surface area contributed by atoms with Gasteiger partial charge in [-0.2, -0.15) is 0 Å². The van der Waals surface area contributed by atoms with Crippen molar-refractivity contribution < 1.29 is 24.5 Å². The third-order valence-electron chi connectivity index (χ3n) is 3.26. The Morgan fingerprint density at radius 1 is 1.37 bits per heavy atom. The Bertz CT molecular complexity index is 310. The van der Waals surface area contributed by atoms with E-state index in [9.17, 15) is 9.59 Å². The SMILES string of the molecule is CN(CCOCCO)C(=O)NC1CCC(C(=O)O)C1. The molecule has 1 rings (SSSR count). The van der Waals surface area contributed by atoms with Crippen LogP contribution in [0.3, 0.4) is 0 Å². The van der Waals surface area contributed by atoms with E-state index in [0.29, 0.717) is 32.4 Å². The van der Waals surface area contributed by atoms with Crippen LogP contribution in [-0.2, 0) is 9.53 Å². The minimum Gasteiger partial charge on any atom is -0.481 e. The molecule has 1 saturated carbocycles. The van der Waals surface area contributed by atoms with Gasteiger partial charge in [0.1, 0.15) is 0 Å². The van der Waals surface area contributed by atoms with Crippen molar-refractivity contribution in [3.8, 4) is 0 Å². The smallest absolute Gasteiger partial charge is 0.317 e. The number of aliphatic hydroxyl groups is 1. The number of aliphatic hydroxyl groups excluding tert-OH is 1. The molecule has 2 unspecified atom stereocenters. The van der Waals surface area contributed by atoms with E-state index in [1.54, 1.807) is 7.05 Å². The van der Waals surface area contributed by atoms with Crippen LogP contribution in [0.2, 0.25) is 0 Å². The molecule has 0 bridgehead atoms. The Hall–Kier alpha value is -1.34. The highest BCUT2D eigenvalue weighted by molar-refractivity contribution is 5.75. The van der Waals surface area contributed by atoms with Crippen LogP contribution in [0.1, 0.15) is 19.3 Å². The molecule has 1 aliphatic carbocycles. The van der Waals surface area contributed by atoms with Gasteiger partial charge in [0.25, 0.3) is 0 Å². The normalized spacial score (nSPS) is 22.2. The lowest BCUT2D eigenvalue weighted by Gasteiger charge is -2.21. The fraction of sp³-hybridized carbons (Fsp3) is 0.833. The van der Waals surface area contributed by atoms with Gasteiger partial charge in [0, 0.05) is 19.6 Å². The van der Waals surface area contributed by atoms with Gasteiger partial charge in [-0.15, -0.1) is 0 Å². The summed E-state index contributed by atoms with van der Waals surface area (Å²) in [6.07, 6.45) is 1.82. The number of amides is 2. The van der Waals surface area contributed by atoms with Crippen LogP contribution in [0, 0.1) is 5.92 Å². The minimum atomic E-state index is -0.789. The second-order valence-corrected chi connectivity index (χ2v) is 4.75. The van der Waals surface area contributed by atoms with Crippen LogP contribution in [0.25, 0.3) is 0 Å². The number of nitrogens with zero attached hydrogens (tertiary/aromatic N) is 1. The third-order valence-corrected chi connectivity index (χ3v) is 3.26. The number of carbonyl (C=O) groups is 2. The molecule has 0 saturated heterocycles. The van der Waals surface area contributed by atoms with Crippen LogP contribution >= 0.6 is 0 Å². The van der Waals surface area contributed by atoms with E-state index in [4.69, 9.17) is 14.9 Å². The number of carboxylic acids is 1. The van der Waals surface area contributed by atoms with Crippen LogP contribution in [0.4, 0.5) is 4.79 Å². The fourth-order valence-electron chi connectivity index (χ4n) is 2.09. The number of carbonyl (C=O) groups excluding carboxylic acids is 1. The standard InChI is InChI=1S/C12H22N2O5/c1-14(4-6-19-7-5-15)12(18)13-10-3-2-9(8-10)11(16)17/h9-10,15H,2-8H2,1H3,(H,13,18)(H,16,17). The van der Waals surface area contributed by atoms with Gasteiger partial charge in [-0.25, -0.2) is 4.79 Å². The average molecular weight is 274 g/mol. The van der Waals surface area contributed by atoms with E-state index < -0.39 is 5.97 Å². The average Bonchev–Trinajstić information content (AvgIpc) is 2.83. The summed E-state index contributed by atoms with van der Waals surface area (Å²) >= 11 is 0. The summed E-state index contributed by atoms with van der Waals surface area (Å²) < 4.78 is 5.07. The summed E-state index contributed by atoms with van der Waals surface area (Å²) in [6, 6.07) is -0.280. The van der Waals surface area contributed by atoms with Crippen LogP contribution in [0.15, 0.2) is 0 Å². The van der Waals surface area contributed by atoms with E-state index in [-0.39, 0.29) is 31.2 Å². The summed E-state index contributed by atoms with van der Waals surface area (Å²) in [5.74, 6) is -1.13. The first-order valence-electron chi connectivity index (χ1n) is 6.47. The van der Waals surface area contributed by atoms with Gasteiger partial charge in [0.2, 0.25) is 0 Å². The van der Waals surface area contributed by atoms with Gasteiger partial charge in [-0.3, -0.25) is 4.79 Å². The summed E-state index contributed by atoms with van der Waals surface area (Å²) in [5, 5.41) is 20.2. The predicted molar refractivity (Wildman–Crippen MR) is 67.8 cm³/mol. The number of carboxylic acid groups (broad SMARTS) is 1. The summed E-state index contributed by atoms with van der Waals surface area (Å²) in [6.45, 7) is 1.03. The molecule has 0 aliphatic heterocycles. The Morgan fingerprint density at radius 3 is 2.68 bits per heavy atom. The fourth-order valence-corrected chi connectivity index (χ4v) is 2.09. The van der Waals surface area contributed by atoms with Crippen molar-refractivity contribution in [2.75, 3.05) is 33.4 Å². The number of rotatable bonds is 7. The molecule has 110 valence electrons. The van der Waals surface area contributed by atoms with Crippen molar-refractivity contribution >= 4 is 12.0 Å². The molecule has 1 fully saturated rings. The molecule has 1 aliphatic rings. The zero-order chi connectivity index (χ0) is 14.3. The summed E-state index contributed by atoms with van der Waals surface area (Å²) in [4.78, 5) is 24.1. The van der Waals surface area contributed by atoms with Gasteiger partial charge >= 0.3 is 12.0 Å². The van der Waals surface area contributed by atoms with Crippen molar-refractivity contribution in [2.45, 2.75) is 25.3 Å². The Labute approximate surface area is 112 Å². The van der Waals surface area contributed by atoms with E-state index in [1.165, 1.54) is 4.90 Å². The molecular formula is C12H22N2O5. The van der Waals surface area contributed by atoms with Crippen LogP contribution < -0.4 is 5.32 Å². The molecule has 0 aromatic rings. The monoisotopic (exact) mass is 274 g/mol. The van der Waals surface area contributed by atoms with Crippen LogP contribution in [-0.4, -0.2) is 66.6 Å². The lowest BCUT2D eigenvalue weighted by molar-refractivity contribution is -0.141. The largest absolute Gasteiger partial charge is 0.481 e. The molecule has 2 atom stereocenters. The van der Waals surface area contributed by atoms with Crippen molar-refractivity contribution in [1.29, 1.82) is 0 Å². The first-order valence-corrected chi connectivity index (χ1v) is 6.47. The minimum absolute atomic E-state index is 0.0332. The van der Waals surface area contributed by atoms with Gasteiger partial charge in [-0.1, -0.05) is 0 Å². The molecular weight excluding hydrogens is 252 g/mol. The molecule has 0 radical (unpaired) electrons. The summed E-state index contributed by atoms with van der Waals surface area (Å²) in [5.41, 5.74) is 0. The second kappa shape index (κ2) is 7.96. The zero-order valence-electron chi connectivity index (χ0n) is 11.2. The lowest BCUT2D eigenvalue weighted by atomic mass is 10.1. The highest BCUT2D eigenvalue weighted by Crippen LogP contribution is 2.25. The number of hydrogen-bond donors (Lipinski definition) is 3. The second-order valence-electron chi connectivity index (χ2n) is 4.75. The number of hydrogen-bond acceptors (Lipinski definition) is 4. The van der Waals surface area contributed by atoms with E-state index in [2.05, 4.69) is 5.32 Å². The van der Waals surface area contributed by atoms with Crippen molar-refractivity contribution in [3.05, 3.63) is 0 Å². The van der Waals surface area contributed by atoms with Crippen molar-refractivity contribution in [2.24, 2.45) is 5.92 Å². The predicted octanol–water partition coefficient (Wildman–Crippen LogP) is -0.110. The summed E-state index contributed by atoms with van der Waals surface area (Å²) in [7, 11) is 1.65. The Morgan fingerprint density at radius 2 is 2.11 bits per heavy atom. The highest BCUT2D eigenvalue weighted by Gasteiger charge is 2.30. The molecule has 3 N–H and O–H groups in total. The van der Waals surface area contributed by atoms with Crippen LogP contribution in [0.5, 0.6) is 0 Å². The van der Waals surface area contributed by atoms with Crippen molar-refractivity contribution in [1.82, 2.24) is 10.2 Å². The molecule has 19 heavy (non-hydrogen) atoms. The van der Waals surface area contributed by atoms with Gasteiger partial charge in [0.05, 0.1) is 25.7 Å². The number of nitrogens with one attached hydrogen (secondary N) is 1. The number of aliphatic carboxylic acids is 1. The first kappa shape index (κ1) is 15.7. The topological polar surface area (TPSA) is 99.1 Å². The molecule has 7 heteroatoms. The van der Waals surface area contributed by atoms with Gasteiger partial charge in [0.15, 0.2) is 0 Å². The Balaban J connectivity index is 2.21. The molecule has 0 aromatic heterocycles. The number of likely N-dealkylation sites (N-methyl/N-ethyl adjacent to an activating group) is 1. The molecule has 7 nitrogen and oxygen atoms in total. The third kappa shape index (κ3) is 5.44. The zero-order valence-corrected chi connectivity index (χ0v) is 11.2. The molecule has 0 spiro atoms. The van der Waals surface area contributed by atoms with E-state index in [0.717, 1.165) is 0 Å². The molecule has 0 heterocycles. The maximum atomic E-state index is 11.8. The van der Waals surface area contributed by atoms with Crippen molar-refractivity contribution in [3.63, 3.8) is 0 Å². The van der Waals surface area contributed by atoms with Gasteiger partial charge < -0.3 is 25.2 Å². The first-order chi connectivity index (χ1) is 9.04. The van der Waals surface area contributed by atoms with E-state index >= 15 is 0 Å². The Kier molecular flexibility index (Phi) is 6.58. The number of urea groups is 1. The quantitative estimate of drug-likeness (QED) is 0.563. The molecule has 2 amide bonds.